The third kappa shape index (κ3) is 4.21. The summed E-state index contributed by atoms with van der Waals surface area (Å²) in [6, 6.07) is 34.0. The fourth-order valence-corrected chi connectivity index (χ4v) is 4.89. The van der Waals surface area contributed by atoms with Crippen LogP contribution in [0.5, 0.6) is 5.75 Å². The van der Waals surface area contributed by atoms with Crippen LogP contribution in [0.2, 0.25) is 0 Å². The molecule has 1 heteroatoms. The smallest absolute Gasteiger partial charge is 0.122 e. The van der Waals surface area contributed by atoms with Gasteiger partial charge in [0.05, 0.1) is 0 Å². The summed E-state index contributed by atoms with van der Waals surface area (Å²) in [6.45, 7) is 8.78. The highest BCUT2D eigenvalue weighted by molar-refractivity contribution is 5.57. The number of hydrogen-bond acceptors (Lipinski definition) is 1. The van der Waals surface area contributed by atoms with E-state index in [1.54, 1.807) is 0 Å². The van der Waals surface area contributed by atoms with E-state index in [1.807, 2.05) is 6.07 Å². The first-order chi connectivity index (χ1) is 15.5. The summed E-state index contributed by atoms with van der Waals surface area (Å²) in [5.41, 5.74) is 8.27. The molecule has 0 amide bonds. The summed E-state index contributed by atoms with van der Waals surface area (Å²) in [4.78, 5) is 0. The number of phenols is 1. The molecule has 0 aromatic heterocycles. The van der Waals surface area contributed by atoms with E-state index in [0.717, 1.165) is 11.1 Å². The van der Waals surface area contributed by atoms with Crippen LogP contribution in [-0.2, 0) is 0 Å². The summed E-state index contributed by atoms with van der Waals surface area (Å²) < 4.78 is 0. The summed E-state index contributed by atoms with van der Waals surface area (Å²) >= 11 is 0. The van der Waals surface area contributed by atoms with E-state index in [0.29, 0.717) is 5.75 Å². The van der Waals surface area contributed by atoms with Crippen LogP contribution in [-0.4, -0.2) is 5.11 Å². The van der Waals surface area contributed by atoms with E-state index in [9.17, 15) is 5.11 Å². The summed E-state index contributed by atoms with van der Waals surface area (Å²) in [5, 5.41) is 11.4. The molecule has 0 saturated heterocycles. The molecule has 1 nitrogen and oxygen atoms in total. The molecule has 4 aromatic carbocycles. The van der Waals surface area contributed by atoms with Crippen LogP contribution < -0.4 is 0 Å². The molecule has 3 unspecified atom stereocenters. The van der Waals surface area contributed by atoms with Crippen LogP contribution in [0.4, 0.5) is 0 Å². The van der Waals surface area contributed by atoms with Gasteiger partial charge in [-0.25, -0.2) is 0 Å². The second kappa shape index (κ2) is 9.44. The molecular weight excluding hydrogens is 388 g/mol. The molecule has 4 rings (SSSR count). The Morgan fingerprint density at radius 1 is 0.531 bits per heavy atom. The van der Waals surface area contributed by atoms with Gasteiger partial charge in [-0.3, -0.25) is 0 Å². The number of hydrogen-bond donors (Lipinski definition) is 1. The zero-order valence-electron chi connectivity index (χ0n) is 19.4. The predicted octanol–water partition coefficient (Wildman–Crippen LogP) is 8.16. The zero-order valence-corrected chi connectivity index (χ0v) is 19.4. The maximum Gasteiger partial charge on any atom is 0.122 e. The molecule has 0 radical (unpaired) electrons. The number of benzene rings is 4. The quantitative estimate of drug-likeness (QED) is 0.333. The van der Waals surface area contributed by atoms with Gasteiger partial charge in [0.2, 0.25) is 0 Å². The van der Waals surface area contributed by atoms with Crippen LogP contribution in [0.15, 0.2) is 97.1 Å². The van der Waals surface area contributed by atoms with Crippen molar-refractivity contribution in [2.24, 2.45) is 0 Å². The van der Waals surface area contributed by atoms with E-state index >= 15 is 0 Å². The monoisotopic (exact) mass is 420 g/mol. The van der Waals surface area contributed by atoms with Crippen LogP contribution >= 0.6 is 0 Å². The Hall–Kier alpha value is -3.32. The van der Waals surface area contributed by atoms with Crippen LogP contribution in [0.25, 0.3) is 0 Å². The lowest BCUT2D eigenvalue weighted by Gasteiger charge is -2.27. The van der Waals surface area contributed by atoms with Gasteiger partial charge in [-0.1, -0.05) is 118 Å². The van der Waals surface area contributed by atoms with Crippen molar-refractivity contribution in [2.75, 3.05) is 0 Å². The van der Waals surface area contributed by atoms with Crippen molar-refractivity contribution in [3.63, 3.8) is 0 Å². The Morgan fingerprint density at radius 3 is 1.34 bits per heavy atom. The summed E-state index contributed by atoms with van der Waals surface area (Å²) in [6.07, 6.45) is 0. The zero-order chi connectivity index (χ0) is 22.7. The number of phenolic OH excluding ortho intramolecular Hbond substituents is 1. The van der Waals surface area contributed by atoms with E-state index in [4.69, 9.17) is 0 Å². The Balaban J connectivity index is 1.92. The largest absolute Gasteiger partial charge is 0.507 e. The molecule has 0 heterocycles. The molecule has 1 N–H and O–H groups in total. The number of rotatable bonds is 6. The summed E-state index contributed by atoms with van der Waals surface area (Å²) in [7, 11) is 0. The highest BCUT2D eigenvalue weighted by Gasteiger charge is 2.26. The lowest BCUT2D eigenvalue weighted by Crippen LogP contribution is -2.11. The fourth-order valence-electron chi connectivity index (χ4n) is 4.89. The SMILES string of the molecule is Cc1c(O)c(C(C)c2ccccc2)cc(C(C)c2ccccc2)c1C(C)c1ccccc1. The van der Waals surface area contributed by atoms with Gasteiger partial charge in [-0.05, 0) is 40.3 Å². The van der Waals surface area contributed by atoms with Gasteiger partial charge in [0.25, 0.3) is 0 Å². The van der Waals surface area contributed by atoms with Crippen LogP contribution in [0.3, 0.4) is 0 Å². The average Bonchev–Trinajstić information content (AvgIpc) is 2.86. The van der Waals surface area contributed by atoms with E-state index in [2.05, 4.69) is 119 Å². The van der Waals surface area contributed by atoms with Crippen molar-refractivity contribution in [3.05, 3.63) is 136 Å². The Labute approximate surface area is 192 Å². The van der Waals surface area contributed by atoms with Gasteiger partial charge >= 0.3 is 0 Å². The van der Waals surface area contributed by atoms with Gasteiger partial charge in [0, 0.05) is 23.3 Å². The van der Waals surface area contributed by atoms with Gasteiger partial charge in [-0.15, -0.1) is 0 Å². The standard InChI is InChI=1S/C31H32O/c1-21(25-14-8-5-9-15-25)28-20-29(22(2)26-16-10-6-11-17-26)31(32)24(4)30(28)23(3)27-18-12-7-13-19-27/h5-23,32H,1-4H3. The molecule has 32 heavy (non-hydrogen) atoms. The predicted molar refractivity (Wildman–Crippen MR) is 135 cm³/mol. The first-order valence-electron chi connectivity index (χ1n) is 11.5. The van der Waals surface area contributed by atoms with Crippen molar-refractivity contribution in [3.8, 4) is 5.75 Å². The normalized spacial score (nSPS) is 14.0. The fraction of sp³-hybridized carbons (Fsp3) is 0.226. The first kappa shape index (κ1) is 21.9. The second-order valence-electron chi connectivity index (χ2n) is 8.84. The Kier molecular flexibility index (Phi) is 6.46. The molecule has 0 saturated carbocycles. The molecule has 162 valence electrons. The summed E-state index contributed by atoms with van der Waals surface area (Å²) in [5.74, 6) is 0.934. The molecule has 0 aliphatic carbocycles. The third-order valence-corrected chi connectivity index (χ3v) is 6.92. The van der Waals surface area contributed by atoms with Gasteiger partial charge in [0.15, 0.2) is 0 Å². The second-order valence-corrected chi connectivity index (χ2v) is 8.84. The van der Waals surface area contributed by atoms with Crippen molar-refractivity contribution < 1.29 is 5.11 Å². The minimum absolute atomic E-state index is 0.109. The molecule has 0 aliphatic rings. The van der Waals surface area contributed by atoms with Crippen LogP contribution in [0, 0.1) is 6.92 Å². The Morgan fingerprint density at radius 2 is 0.906 bits per heavy atom. The molecule has 0 spiro atoms. The maximum absolute atomic E-state index is 11.4. The van der Waals surface area contributed by atoms with Crippen molar-refractivity contribution in [2.45, 2.75) is 45.4 Å². The van der Waals surface area contributed by atoms with E-state index < -0.39 is 0 Å². The molecule has 0 bridgehead atoms. The average molecular weight is 421 g/mol. The highest BCUT2D eigenvalue weighted by atomic mass is 16.3. The Bertz CT molecular complexity index is 1160. The third-order valence-electron chi connectivity index (χ3n) is 6.92. The van der Waals surface area contributed by atoms with Gasteiger partial charge in [0.1, 0.15) is 5.75 Å². The molecule has 4 aromatic rings. The minimum atomic E-state index is 0.109. The molecule has 0 aliphatic heterocycles. The van der Waals surface area contributed by atoms with Crippen molar-refractivity contribution in [1.82, 2.24) is 0 Å². The van der Waals surface area contributed by atoms with Crippen molar-refractivity contribution in [1.29, 1.82) is 0 Å². The molecule has 3 atom stereocenters. The van der Waals surface area contributed by atoms with Crippen molar-refractivity contribution >= 4 is 0 Å². The molecular formula is C31H32O. The van der Waals surface area contributed by atoms with E-state index in [-0.39, 0.29) is 17.8 Å². The van der Waals surface area contributed by atoms with Gasteiger partial charge < -0.3 is 5.11 Å². The lowest BCUT2D eigenvalue weighted by molar-refractivity contribution is 0.459. The van der Waals surface area contributed by atoms with E-state index in [1.165, 1.54) is 27.8 Å². The lowest BCUT2D eigenvalue weighted by atomic mass is 9.77. The maximum atomic E-state index is 11.4. The topological polar surface area (TPSA) is 20.2 Å². The minimum Gasteiger partial charge on any atom is -0.507 e. The first-order valence-corrected chi connectivity index (χ1v) is 11.5. The highest BCUT2D eigenvalue weighted by Crippen LogP contribution is 2.44. The van der Waals surface area contributed by atoms with Gasteiger partial charge in [-0.2, -0.15) is 0 Å². The molecule has 0 fully saturated rings. The van der Waals surface area contributed by atoms with Crippen LogP contribution in [0.1, 0.15) is 77.5 Å². The number of aromatic hydroxyl groups is 1.